The number of carbonyl (C=O) groups is 1. The first-order valence-corrected chi connectivity index (χ1v) is 3.02. The van der Waals surface area contributed by atoms with Crippen LogP contribution < -0.4 is 0 Å². The Morgan fingerprint density at radius 3 is 2.75 bits per heavy atom. The maximum absolute atomic E-state index is 10.6. The van der Waals surface area contributed by atoms with Crippen molar-refractivity contribution >= 4 is 5.91 Å². The van der Waals surface area contributed by atoms with Gasteiger partial charge in [0.1, 0.15) is 11.8 Å². The van der Waals surface area contributed by atoms with Gasteiger partial charge in [0.15, 0.2) is 0 Å². The Labute approximate surface area is 67.6 Å². The van der Waals surface area contributed by atoms with Crippen LogP contribution in [-0.4, -0.2) is 10.9 Å². The molecule has 1 heterocycles. The van der Waals surface area contributed by atoms with Gasteiger partial charge in [-0.3, -0.25) is 4.79 Å². The molecule has 0 aromatic carbocycles. The number of amides is 1. The molecule has 5 nitrogen and oxygen atoms in total. The molecule has 12 heavy (non-hydrogen) atoms. The second-order valence-electron chi connectivity index (χ2n) is 1.94. The molecule has 1 aromatic heterocycles. The summed E-state index contributed by atoms with van der Waals surface area (Å²) in [7, 11) is 0. The van der Waals surface area contributed by atoms with Crippen molar-refractivity contribution in [2.75, 3.05) is 0 Å². The lowest BCUT2D eigenvalue weighted by molar-refractivity contribution is 0.0996. The lowest BCUT2D eigenvalue weighted by Gasteiger charge is -1.90. The van der Waals surface area contributed by atoms with Crippen LogP contribution in [0.2, 0.25) is 0 Å². The summed E-state index contributed by atoms with van der Waals surface area (Å²) in [6.45, 7) is 0. The molecule has 0 atom stereocenters. The minimum Gasteiger partial charge on any atom is -0.261 e. The molecule has 0 spiro atoms. The van der Waals surface area contributed by atoms with Crippen LogP contribution in [0.5, 0.6) is 0 Å². The molecule has 0 fully saturated rings. The SMILES string of the molecule is N#Cc1ccc(C(=O)N=O)nc1. The maximum Gasteiger partial charge on any atom is 0.334 e. The van der Waals surface area contributed by atoms with Crippen molar-refractivity contribution in [3.8, 4) is 6.07 Å². The van der Waals surface area contributed by atoms with Gasteiger partial charge in [-0.15, -0.1) is 4.91 Å². The second-order valence-corrected chi connectivity index (χ2v) is 1.94. The average Bonchev–Trinajstić information content (AvgIpc) is 2.17. The Balaban J connectivity index is 3.01. The molecule has 5 heteroatoms. The second kappa shape index (κ2) is 3.34. The molecule has 1 rings (SSSR count). The zero-order chi connectivity index (χ0) is 8.97. The zero-order valence-electron chi connectivity index (χ0n) is 5.89. The Kier molecular flexibility index (Phi) is 2.23. The fourth-order valence-corrected chi connectivity index (χ4v) is 0.633. The highest BCUT2D eigenvalue weighted by molar-refractivity contribution is 5.92. The van der Waals surface area contributed by atoms with Crippen molar-refractivity contribution < 1.29 is 4.79 Å². The van der Waals surface area contributed by atoms with E-state index in [1.54, 1.807) is 0 Å². The van der Waals surface area contributed by atoms with E-state index in [0.29, 0.717) is 5.56 Å². The van der Waals surface area contributed by atoms with Gasteiger partial charge in [-0.05, 0) is 12.1 Å². The molecule has 1 amide bonds. The summed E-state index contributed by atoms with van der Waals surface area (Å²) < 4.78 is 0. The first kappa shape index (κ1) is 8.01. The largest absolute Gasteiger partial charge is 0.334 e. The Morgan fingerprint density at radius 2 is 2.33 bits per heavy atom. The Bertz CT molecular complexity index is 350. The minimum absolute atomic E-state index is 0.0519. The van der Waals surface area contributed by atoms with Crippen molar-refractivity contribution in [3.05, 3.63) is 34.5 Å². The van der Waals surface area contributed by atoms with Crippen molar-refractivity contribution in [2.24, 2.45) is 5.18 Å². The molecular formula is C7H3N3O2. The third-order valence-electron chi connectivity index (χ3n) is 1.19. The summed E-state index contributed by atoms with van der Waals surface area (Å²) in [6, 6.07) is 4.50. The van der Waals surface area contributed by atoms with Crippen LogP contribution in [0.4, 0.5) is 0 Å². The number of nitroso groups, excluding NO2 is 1. The van der Waals surface area contributed by atoms with Gasteiger partial charge in [-0.25, -0.2) is 4.98 Å². The lowest BCUT2D eigenvalue weighted by Crippen LogP contribution is -1.96. The molecule has 0 N–H and O–H groups in total. The third-order valence-corrected chi connectivity index (χ3v) is 1.19. The molecule has 0 aliphatic heterocycles. The highest BCUT2D eigenvalue weighted by atomic mass is 16.3. The minimum atomic E-state index is -0.931. The predicted molar refractivity (Wildman–Crippen MR) is 39.1 cm³/mol. The van der Waals surface area contributed by atoms with Crippen LogP contribution in [0.15, 0.2) is 23.5 Å². The normalized spacial score (nSPS) is 8.58. The highest BCUT2D eigenvalue weighted by Gasteiger charge is 2.05. The van der Waals surface area contributed by atoms with Crippen LogP contribution in [0, 0.1) is 16.2 Å². The van der Waals surface area contributed by atoms with Gasteiger partial charge in [-0.2, -0.15) is 5.26 Å². The van der Waals surface area contributed by atoms with Gasteiger partial charge in [0.2, 0.25) is 0 Å². The van der Waals surface area contributed by atoms with Gasteiger partial charge in [0.05, 0.1) is 5.56 Å². The van der Waals surface area contributed by atoms with Crippen molar-refractivity contribution in [1.82, 2.24) is 4.98 Å². The molecule has 0 aliphatic rings. The van der Waals surface area contributed by atoms with Crippen LogP contribution in [-0.2, 0) is 0 Å². The van der Waals surface area contributed by atoms with E-state index in [2.05, 4.69) is 10.2 Å². The van der Waals surface area contributed by atoms with Gasteiger partial charge >= 0.3 is 5.91 Å². The first-order chi connectivity index (χ1) is 5.77. The number of hydrogen-bond acceptors (Lipinski definition) is 4. The lowest BCUT2D eigenvalue weighted by atomic mass is 10.2. The van der Waals surface area contributed by atoms with Crippen LogP contribution >= 0.6 is 0 Å². The fraction of sp³-hybridized carbons (Fsp3) is 0. The molecule has 0 radical (unpaired) electrons. The number of carbonyl (C=O) groups excluding carboxylic acids is 1. The summed E-state index contributed by atoms with van der Waals surface area (Å²) >= 11 is 0. The van der Waals surface area contributed by atoms with Crippen LogP contribution in [0.25, 0.3) is 0 Å². The Hall–Kier alpha value is -2.09. The molecular weight excluding hydrogens is 158 g/mol. The summed E-state index contributed by atoms with van der Waals surface area (Å²) in [5, 5.41) is 10.5. The maximum atomic E-state index is 10.6. The number of rotatable bonds is 1. The fourth-order valence-electron chi connectivity index (χ4n) is 0.633. The third kappa shape index (κ3) is 1.49. The number of nitrogens with zero attached hydrogens (tertiary/aromatic N) is 3. The van der Waals surface area contributed by atoms with Crippen molar-refractivity contribution in [3.63, 3.8) is 0 Å². The van der Waals surface area contributed by atoms with Gasteiger partial charge < -0.3 is 0 Å². The van der Waals surface area contributed by atoms with Crippen LogP contribution in [0.1, 0.15) is 16.1 Å². The van der Waals surface area contributed by atoms with Gasteiger partial charge in [-0.1, -0.05) is 0 Å². The smallest absolute Gasteiger partial charge is 0.261 e. The average molecular weight is 161 g/mol. The van der Waals surface area contributed by atoms with Crippen molar-refractivity contribution in [1.29, 1.82) is 5.26 Å². The summed E-state index contributed by atoms with van der Waals surface area (Å²) in [5.41, 5.74) is 0.279. The molecule has 0 aliphatic carbocycles. The predicted octanol–water partition coefficient (Wildman–Crippen LogP) is 0.860. The quantitative estimate of drug-likeness (QED) is 0.572. The van der Waals surface area contributed by atoms with E-state index in [0.717, 1.165) is 0 Å². The Morgan fingerprint density at radius 1 is 1.58 bits per heavy atom. The number of nitriles is 1. The number of aromatic nitrogens is 1. The first-order valence-electron chi connectivity index (χ1n) is 3.02. The number of pyridine rings is 1. The van der Waals surface area contributed by atoms with Crippen molar-refractivity contribution in [2.45, 2.75) is 0 Å². The molecule has 58 valence electrons. The van der Waals surface area contributed by atoms with Gasteiger partial charge in [0, 0.05) is 11.4 Å². The molecule has 0 unspecified atom stereocenters. The molecule has 0 saturated carbocycles. The van der Waals surface area contributed by atoms with E-state index in [1.165, 1.54) is 18.3 Å². The molecule has 0 bridgehead atoms. The highest BCUT2D eigenvalue weighted by Crippen LogP contribution is 1.99. The standard InChI is InChI=1S/C7H3N3O2/c8-3-5-1-2-6(9-4-5)7(11)10-12/h1-2,4H. The van der Waals surface area contributed by atoms with E-state index >= 15 is 0 Å². The molecule has 0 saturated heterocycles. The van der Waals surface area contributed by atoms with E-state index in [1.807, 2.05) is 6.07 Å². The number of hydrogen-bond donors (Lipinski definition) is 0. The summed E-state index contributed by atoms with van der Waals surface area (Å²) in [4.78, 5) is 23.9. The molecule has 1 aromatic rings. The van der Waals surface area contributed by atoms with E-state index in [9.17, 15) is 9.70 Å². The zero-order valence-corrected chi connectivity index (χ0v) is 5.89. The van der Waals surface area contributed by atoms with E-state index < -0.39 is 5.91 Å². The van der Waals surface area contributed by atoms with Gasteiger partial charge in [0.25, 0.3) is 0 Å². The summed E-state index contributed by atoms with van der Waals surface area (Å²) in [5.74, 6) is -0.931. The topological polar surface area (TPSA) is 83.2 Å². The monoisotopic (exact) mass is 161 g/mol. The summed E-state index contributed by atoms with van der Waals surface area (Å²) in [6.07, 6.45) is 1.21. The van der Waals surface area contributed by atoms with E-state index in [4.69, 9.17) is 5.26 Å². The van der Waals surface area contributed by atoms with Crippen LogP contribution in [0.3, 0.4) is 0 Å². The van der Waals surface area contributed by atoms with E-state index in [-0.39, 0.29) is 5.69 Å².